The number of benzene rings is 2. The number of likely N-dealkylation sites (N-methyl/N-ethyl adjacent to an activating group) is 1. The lowest BCUT2D eigenvalue weighted by Crippen LogP contribution is -2.47. The zero-order valence-corrected chi connectivity index (χ0v) is 33.1. The highest BCUT2D eigenvalue weighted by Gasteiger charge is 2.30. The number of halogens is 1. The van der Waals surface area contributed by atoms with Crippen LogP contribution in [0.25, 0.3) is 39.2 Å². The Labute approximate surface area is 330 Å². The van der Waals surface area contributed by atoms with Crippen molar-refractivity contribution in [1.82, 2.24) is 34.5 Å². The highest BCUT2D eigenvalue weighted by Crippen LogP contribution is 2.40. The number of carboxylic acid groups (broad SMARTS) is 1. The van der Waals surface area contributed by atoms with Gasteiger partial charge in [-0.15, -0.1) is 0 Å². The Balaban J connectivity index is 1.16. The van der Waals surface area contributed by atoms with Crippen molar-refractivity contribution in [1.29, 1.82) is 0 Å². The number of aliphatic hydroxyl groups excluding tert-OH is 1. The minimum Gasteiger partial charge on any atom is -0.496 e. The third kappa shape index (κ3) is 7.89. The first-order valence-electron chi connectivity index (χ1n) is 18.8. The highest BCUT2D eigenvalue weighted by molar-refractivity contribution is 6.36. The minimum absolute atomic E-state index is 0.0687. The zero-order valence-electron chi connectivity index (χ0n) is 32.3. The van der Waals surface area contributed by atoms with Crippen molar-refractivity contribution in [2.45, 2.75) is 63.4 Å². The van der Waals surface area contributed by atoms with E-state index < -0.39 is 12.1 Å². The Morgan fingerprint density at radius 2 is 1.64 bits per heavy atom. The second-order valence-electron chi connectivity index (χ2n) is 14.5. The fourth-order valence-corrected chi connectivity index (χ4v) is 8.37. The molecule has 3 aromatic heterocycles. The van der Waals surface area contributed by atoms with Crippen LogP contribution < -0.4 is 14.2 Å². The number of aliphatic hydroxyl groups is 1. The van der Waals surface area contributed by atoms with E-state index in [1.807, 2.05) is 56.6 Å². The van der Waals surface area contributed by atoms with E-state index in [0.717, 1.165) is 46.0 Å². The van der Waals surface area contributed by atoms with E-state index in [-0.39, 0.29) is 18.0 Å². The smallest absolute Gasteiger partial charge is 0.306 e. The van der Waals surface area contributed by atoms with Gasteiger partial charge in [-0.3, -0.25) is 14.6 Å². The molecule has 15 heteroatoms. The van der Waals surface area contributed by atoms with Gasteiger partial charge in [0.1, 0.15) is 5.75 Å². The number of pyridine rings is 1. The number of carbonyl (C=O) groups is 1. The molecule has 2 aliphatic rings. The monoisotopic (exact) mass is 785 g/mol. The summed E-state index contributed by atoms with van der Waals surface area (Å²) in [6.45, 7) is 1.92. The summed E-state index contributed by atoms with van der Waals surface area (Å²) in [7, 11) is 8.79. The molecule has 0 amide bonds. The first kappa shape index (κ1) is 39.4. The number of hydrogen-bond donors (Lipinski definition) is 2. The summed E-state index contributed by atoms with van der Waals surface area (Å²) in [4.78, 5) is 30.1. The molecule has 0 spiro atoms. The van der Waals surface area contributed by atoms with E-state index >= 15 is 0 Å². The second kappa shape index (κ2) is 17.1. The predicted molar refractivity (Wildman–Crippen MR) is 212 cm³/mol. The summed E-state index contributed by atoms with van der Waals surface area (Å²) in [6.07, 6.45) is 6.71. The fraction of sp³-hybridized carbons (Fsp3) is 0.439. The van der Waals surface area contributed by atoms with Crippen LogP contribution >= 0.6 is 11.6 Å². The SMILES string of the molecule is COc1cc(-n2ncc3c(-c4cccc(-c5ncc(CN(C)C6CCC(C(=O)O)CC6)c(OC)n5)c4Cl)cccc32)nc(OC)c1CN(C)[C@@H]1CCOC[C@@H]1O. The van der Waals surface area contributed by atoms with Crippen molar-refractivity contribution in [3.8, 4) is 45.8 Å². The van der Waals surface area contributed by atoms with E-state index in [1.165, 1.54) is 0 Å². The molecular weight excluding hydrogens is 738 g/mol. The molecule has 2 atom stereocenters. The Morgan fingerprint density at radius 1 is 0.911 bits per heavy atom. The molecule has 4 heterocycles. The first-order valence-corrected chi connectivity index (χ1v) is 19.2. The van der Waals surface area contributed by atoms with E-state index in [1.54, 1.807) is 38.4 Å². The Hall–Kier alpha value is -4.86. The lowest BCUT2D eigenvalue weighted by molar-refractivity contribution is -0.143. The highest BCUT2D eigenvalue weighted by atomic mass is 35.5. The zero-order chi connectivity index (χ0) is 39.5. The molecule has 0 radical (unpaired) electrons. The van der Waals surface area contributed by atoms with Crippen LogP contribution in [0.1, 0.15) is 43.2 Å². The number of ether oxygens (including phenoxy) is 4. The predicted octanol–water partition coefficient (Wildman–Crippen LogP) is 5.88. The van der Waals surface area contributed by atoms with Gasteiger partial charge in [0.15, 0.2) is 11.6 Å². The topological polar surface area (TPSA) is 157 Å². The molecule has 0 bridgehead atoms. The van der Waals surface area contributed by atoms with Gasteiger partial charge < -0.3 is 29.2 Å². The Kier molecular flexibility index (Phi) is 12.0. The molecule has 7 rings (SSSR count). The minimum atomic E-state index is -0.708. The number of carboxylic acids is 1. The van der Waals surface area contributed by atoms with Crippen molar-refractivity contribution in [3.05, 3.63) is 71.0 Å². The maximum atomic E-state index is 11.4. The number of methoxy groups -OCH3 is 3. The second-order valence-corrected chi connectivity index (χ2v) is 14.9. The summed E-state index contributed by atoms with van der Waals surface area (Å²) in [6, 6.07) is 13.8. The average molecular weight is 786 g/mol. The molecule has 1 saturated carbocycles. The van der Waals surface area contributed by atoms with Crippen LogP contribution in [-0.4, -0.2) is 118 Å². The van der Waals surface area contributed by atoms with Gasteiger partial charge in [0.2, 0.25) is 11.8 Å². The molecule has 1 saturated heterocycles. The number of rotatable bonds is 13. The summed E-state index contributed by atoms with van der Waals surface area (Å²) in [5.41, 5.74) is 4.72. The largest absolute Gasteiger partial charge is 0.496 e. The lowest BCUT2D eigenvalue weighted by atomic mass is 9.85. The van der Waals surface area contributed by atoms with Crippen LogP contribution in [0.2, 0.25) is 5.02 Å². The van der Waals surface area contributed by atoms with Gasteiger partial charge in [0.25, 0.3) is 0 Å². The van der Waals surface area contributed by atoms with Crippen LogP contribution in [0.15, 0.2) is 54.9 Å². The molecular formula is C41H48ClN7O7. The molecule has 2 aromatic carbocycles. The van der Waals surface area contributed by atoms with Crippen LogP contribution in [0.3, 0.4) is 0 Å². The fourth-order valence-electron chi connectivity index (χ4n) is 8.06. The van der Waals surface area contributed by atoms with Gasteiger partial charge >= 0.3 is 5.97 Å². The van der Waals surface area contributed by atoms with E-state index in [4.69, 9.17) is 50.6 Å². The molecule has 0 unspecified atom stereocenters. The van der Waals surface area contributed by atoms with Crippen molar-refractivity contribution in [2.24, 2.45) is 5.92 Å². The lowest BCUT2D eigenvalue weighted by Gasteiger charge is -2.35. The normalized spacial score (nSPS) is 20.1. The third-order valence-corrected chi connectivity index (χ3v) is 11.6. The van der Waals surface area contributed by atoms with Gasteiger partial charge in [-0.25, -0.2) is 9.67 Å². The van der Waals surface area contributed by atoms with E-state index in [9.17, 15) is 15.0 Å². The number of aromatic nitrogens is 5. The number of aliphatic carboxylic acids is 1. The number of fused-ring (bicyclic) bond motifs is 1. The molecule has 56 heavy (non-hydrogen) atoms. The standard InChI is InChI=1S/C41H48ClN7O7/c1-47(26-14-12-24(13-15-26)41(51)52)21-25-19-43-38(46-39(25)54-4)29-10-6-9-28(37(29)42)27-8-7-11-32-30(27)20-44-49(32)36-18-35(53-3)31(40(45-36)55-5)22-48(2)33-16-17-56-23-34(33)50/h6-11,18-20,24,26,33-34,50H,12-17,21-23H2,1-5H3,(H,51,52)/t24?,26?,33-,34+/m1/s1. The summed E-state index contributed by atoms with van der Waals surface area (Å²) >= 11 is 7.19. The average Bonchev–Trinajstić information content (AvgIpc) is 3.66. The van der Waals surface area contributed by atoms with Crippen molar-refractivity contribution < 1.29 is 34.0 Å². The Morgan fingerprint density at radius 3 is 2.36 bits per heavy atom. The summed E-state index contributed by atoms with van der Waals surface area (Å²) in [5.74, 6) is 1.43. The molecule has 1 aliphatic heterocycles. The first-order chi connectivity index (χ1) is 27.1. The molecule has 2 fully saturated rings. The maximum Gasteiger partial charge on any atom is 0.306 e. The van der Waals surface area contributed by atoms with Gasteiger partial charge in [0, 0.05) is 66.1 Å². The van der Waals surface area contributed by atoms with Crippen LogP contribution in [0.4, 0.5) is 0 Å². The van der Waals surface area contributed by atoms with Crippen LogP contribution in [-0.2, 0) is 22.6 Å². The molecule has 296 valence electrons. The van der Waals surface area contributed by atoms with Crippen LogP contribution in [0.5, 0.6) is 17.5 Å². The summed E-state index contributed by atoms with van der Waals surface area (Å²) in [5, 5.41) is 26.1. The van der Waals surface area contributed by atoms with Gasteiger partial charge in [-0.1, -0.05) is 35.9 Å². The van der Waals surface area contributed by atoms with E-state index in [0.29, 0.717) is 85.3 Å². The Bertz CT molecular complexity index is 2170. The molecule has 14 nitrogen and oxygen atoms in total. The third-order valence-electron chi connectivity index (χ3n) is 11.2. The molecule has 2 N–H and O–H groups in total. The van der Waals surface area contributed by atoms with Crippen molar-refractivity contribution in [2.75, 3.05) is 48.6 Å². The number of hydrogen-bond acceptors (Lipinski definition) is 12. The van der Waals surface area contributed by atoms with Crippen molar-refractivity contribution in [3.63, 3.8) is 0 Å². The van der Waals surface area contributed by atoms with Gasteiger partial charge in [0.05, 0.1) is 62.3 Å². The van der Waals surface area contributed by atoms with Crippen LogP contribution in [0, 0.1) is 5.92 Å². The molecule has 1 aliphatic carbocycles. The van der Waals surface area contributed by atoms with Gasteiger partial charge in [-0.05, 0) is 63.9 Å². The van der Waals surface area contributed by atoms with Crippen molar-refractivity contribution >= 4 is 28.5 Å². The van der Waals surface area contributed by atoms with Gasteiger partial charge in [-0.2, -0.15) is 15.1 Å². The molecule has 5 aromatic rings. The van der Waals surface area contributed by atoms with E-state index in [2.05, 4.69) is 9.80 Å². The summed E-state index contributed by atoms with van der Waals surface area (Å²) < 4.78 is 24.6. The maximum absolute atomic E-state index is 11.4. The quantitative estimate of drug-likeness (QED) is 0.146. The number of nitrogens with zero attached hydrogens (tertiary/aromatic N) is 7.